The highest BCUT2D eigenvalue weighted by molar-refractivity contribution is 5.73. The Morgan fingerprint density at radius 2 is 1.38 bits per heavy atom. The van der Waals surface area contributed by atoms with Gasteiger partial charge in [0.2, 0.25) is 0 Å². The van der Waals surface area contributed by atoms with Gasteiger partial charge in [0.05, 0.1) is 0 Å². The minimum atomic E-state index is 0.522. The van der Waals surface area contributed by atoms with Crippen molar-refractivity contribution in [3.63, 3.8) is 0 Å². The molecule has 0 aliphatic heterocycles. The lowest BCUT2D eigenvalue weighted by atomic mass is 9.89. The molecular formula is C20H27N. The normalized spacial score (nSPS) is 11.2. The van der Waals surface area contributed by atoms with Crippen LogP contribution in [0.25, 0.3) is 11.1 Å². The summed E-state index contributed by atoms with van der Waals surface area (Å²) in [6.07, 6.45) is 0. The molecule has 21 heavy (non-hydrogen) atoms. The van der Waals surface area contributed by atoms with E-state index in [4.69, 9.17) is 0 Å². The second-order valence-corrected chi connectivity index (χ2v) is 6.37. The van der Waals surface area contributed by atoms with Crippen molar-refractivity contribution in [3.05, 3.63) is 58.1 Å². The zero-order chi connectivity index (χ0) is 15.6. The summed E-state index contributed by atoms with van der Waals surface area (Å²) in [6.45, 7) is 14.1. The van der Waals surface area contributed by atoms with Gasteiger partial charge >= 0.3 is 0 Å². The van der Waals surface area contributed by atoms with Gasteiger partial charge in [-0.25, -0.2) is 0 Å². The summed E-state index contributed by atoms with van der Waals surface area (Å²) >= 11 is 0. The second kappa shape index (κ2) is 6.44. The van der Waals surface area contributed by atoms with Gasteiger partial charge in [0.15, 0.2) is 0 Å². The zero-order valence-electron chi connectivity index (χ0n) is 14.2. The third kappa shape index (κ3) is 3.54. The van der Waals surface area contributed by atoms with Crippen molar-refractivity contribution >= 4 is 0 Å². The number of rotatable bonds is 4. The third-order valence-corrected chi connectivity index (χ3v) is 4.32. The Bertz CT molecular complexity index is 595. The van der Waals surface area contributed by atoms with Crippen molar-refractivity contribution in [2.45, 2.75) is 54.1 Å². The number of hydrogen-bond donors (Lipinski definition) is 1. The van der Waals surface area contributed by atoms with Crippen LogP contribution >= 0.6 is 0 Å². The molecule has 0 radical (unpaired) electrons. The van der Waals surface area contributed by atoms with E-state index in [1.54, 1.807) is 0 Å². The van der Waals surface area contributed by atoms with Gasteiger partial charge < -0.3 is 5.32 Å². The summed E-state index contributed by atoms with van der Waals surface area (Å²) in [6, 6.07) is 11.8. The second-order valence-electron chi connectivity index (χ2n) is 6.37. The molecule has 1 nitrogen and oxygen atoms in total. The Labute approximate surface area is 129 Å². The Morgan fingerprint density at radius 1 is 0.857 bits per heavy atom. The first-order chi connectivity index (χ1) is 9.90. The highest BCUT2D eigenvalue weighted by Gasteiger charge is 2.10. The maximum atomic E-state index is 3.46. The van der Waals surface area contributed by atoms with Gasteiger partial charge in [0.1, 0.15) is 0 Å². The van der Waals surface area contributed by atoms with Crippen LogP contribution in [0.2, 0.25) is 0 Å². The molecule has 2 aromatic rings. The van der Waals surface area contributed by atoms with Crippen molar-refractivity contribution in [3.8, 4) is 11.1 Å². The number of aryl methyl sites for hydroxylation is 2. The smallest absolute Gasteiger partial charge is 0.0207 e. The van der Waals surface area contributed by atoms with Gasteiger partial charge in [-0.05, 0) is 66.6 Å². The first-order valence-corrected chi connectivity index (χ1v) is 7.80. The standard InChI is InChI=1S/C20H27N/c1-13(2)21-12-18-7-9-19(10-8-18)20-16(5)14(3)11-15(4)17(20)6/h7-11,13,21H,12H2,1-6H3. The van der Waals surface area contributed by atoms with E-state index in [0.29, 0.717) is 6.04 Å². The topological polar surface area (TPSA) is 12.0 Å². The minimum absolute atomic E-state index is 0.522. The molecule has 0 aliphatic rings. The average Bonchev–Trinajstić information content (AvgIpc) is 2.44. The summed E-state index contributed by atoms with van der Waals surface area (Å²) in [5, 5.41) is 3.46. The molecule has 0 atom stereocenters. The van der Waals surface area contributed by atoms with Crippen LogP contribution < -0.4 is 5.32 Å². The molecule has 2 rings (SSSR count). The average molecular weight is 281 g/mol. The summed E-state index contributed by atoms with van der Waals surface area (Å²) in [5.41, 5.74) is 9.60. The molecule has 0 aliphatic carbocycles. The molecule has 0 amide bonds. The molecule has 0 saturated heterocycles. The van der Waals surface area contributed by atoms with E-state index in [1.165, 1.54) is 38.9 Å². The number of benzene rings is 2. The van der Waals surface area contributed by atoms with E-state index in [0.717, 1.165) is 6.54 Å². The van der Waals surface area contributed by atoms with Gasteiger partial charge in [0.25, 0.3) is 0 Å². The van der Waals surface area contributed by atoms with E-state index in [2.05, 4.69) is 77.2 Å². The molecule has 0 aromatic heterocycles. The Kier molecular flexibility index (Phi) is 4.84. The minimum Gasteiger partial charge on any atom is -0.310 e. The van der Waals surface area contributed by atoms with Crippen LogP contribution in [0.15, 0.2) is 30.3 Å². The van der Waals surface area contributed by atoms with E-state index >= 15 is 0 Å². The highest BCUT2D eigenvalue weighted by Crippen LogP contribution is 2.31. The lowest BCUT2D eigenvalue weighted by Gasteiger charge is -2.16. The van der Waals surface area contributed by atoms with Gasteiger partial charge in [-0.3, -0.25) is 0 Å². The summed E-state index contributed by atoms with van der Waals surface area (Å²) in [7, 11) is 0. The van der Waals surface area contributed by atoms with Crippen molar-refractivity contribution < 1.29 is 0 Å². The maximum absolute atomic E-state index is 3.46. The molecule has 0 unspecified atom stereocenters. The van der Waals surface area contributed by atoms with E-state index in [-0.39, 0.29) is 0 Å². The van der Waals surface area contributed by atoms with E-state index < -0.39 is 0 Å². The van der Waals surface area contributed by atoms with Gasteiger partial charge in [-0.2, -0.15) is 0 Å². The van der Waals surface area contributed by atoms with Gasteiger partial charge in [-0.1, -0.05) is 44.2 Å². The molecule has 0 bridgehead atoms. The lowest BCUT2D eigenvalue weighted by Crippen LogP contribution is -2.21. The van der Waals surface area contributed by atoms with Crippen LogP contribution in [0.3, 0.4) is 0 Å². The zero-order valence-corrected chi connectivity index (χ0v) is 14.2. The maximum Gasteiger partial charge on any atom is 0.0207 e. The van der Waals surface area contributed by atoms with Crippen LogP contribution in [-0.4, -0.2) is 6.04 Å². The molecule has 2 aromatic carbocycles. The van der Waals surface area contributed by atoms with Gasteiger partial charge in [-0.15, -0.1) is 0 Å². The van der Waals surface area contributed by atoms with Gasteiger partial charge in [0, 0.05) is 12.6 Å². The molecule has 0 fully saturated rings. The van der Waals surface area contributed by atoms with Crippen LogP contribution in [0, 0.1) is 27.7 Å². The summed E-state index contributed by atoms with van der Waals surface area (Å²) in [5.74, 6) is 0. The predicted octanol–water partition coefficient (Wildman–Crippen LogP) is 5.09. The molecule has 0 spiro atoms. The lowest BCUT2D eigenvalue weighted by molar-refractivity contribution is 0.589. The number of hydrogen-bond acceptors (Lipinski definition) is 1. The largest absolute Gasteiger partial charge is 0.310 e. The van der Waals surface area contributed by atoms with Crippen LogP contribution in [0.1, 0.15) is 41.7 Å². The molecule has 1 N–H and O–H groups in total. The fourth-order valence-corrected chi connectivity index (χ4v) is 2.76. The SMILES string of the molecule is Cc1cc(C)c(C)c(-c2ccc(CNC(C)C)cc2)c1C. The fourth-order valence-electron chi connectivity index (χ4n) is 2.76. The molecular weight excluding hydrogens is 254 g/mol. The Hall–Kier alpha value is -1.60. The van der Waals surface area contributed by atoms with Crippen molar-refractivity contribution in [2.24, 2.45) is 0 Å². The number of nitrogens with one attached hydrogen (secondary N) is 1. The molecule has 112 valence electrons. The summed E-state index contributed by atoms with van der Waals surface area (Å²) < 4.78 is 0. The molecule has 0 heterocycles. The van der Waals surface area contributed by atoms with Crippen molar-refractivity contribution in [1.29, 1.82) is 0 Å². The van der Waals surface area contributed by atoms with Crippen LogP contribution in [0.5, 0.6) is 0 Å². The van der Waals surface area contributed by atoms with Crippen molar-refractivity contribution in [1.82, 2.24) is 5.32 Å². The quantitative estimate of drug-likeness (QED) is 0.823. The van der Waals surface area contributed by atoms with E-state index in [1.807, 2.05) is 0 Å². The predicted molar refractivity (Wildman–Crippen MR) is 92.8 cm³/mol. The molecule has 1 heteroatoms. The third-order valence-electron chi connectivity index (χ3n) is 4.32. The summed E-state index contributed by atoms with van der Waals surface area (Å²) in [4.78, 5) is 0. The van der Waals surface area contributed by atoms with Crippen LogP contribution in [0.4, 0.5) is 0 Å². The van der Waals surface area contributed by atoms with Crippen molar-refractivity contribution in [2.75, 3.05) is 0 Å². The first kappa shape index (κ1) is 15.8. The Morgan fingerprint density at radius 3 is 1.86 bits per heavy atom. The Balaban J connectivity index is 2.35. The fraction of sp³-hybridized carbons (Fsp3) is 0.400. The molecule has 0 saturated carbocycles. The first-order valence-electron chi connectivity index (χ1n) is 7.80. The van der Waals surface area contributed by atoms with Crippen LogP contribution in [-0.2, 0) is 6.54 Å². The highest BCUT2D eigenvalue weighted by atomic mass is 14.9. The van der Waals surface area contributed by atoms with E-state index in [9.17, 15) is 0 Å². The monoisotopic (exact) mass is 281 g/mol.